The van der Waals surface area contributed by atoms with Crippen molar-refractivity contribution in [2.75, 3.05) is 5.32 Å². The van der Waals surface area contributed by atoms with Crippen molar-refractivity contribution in [3.8, 4) is 0 Å². The molecular formula is C23H28BrN5O2. The van der Waals surface area contributed by atoms with Gasteiger partial charge in [0.05, 0.1) is 24.1 Å². The summed E-state index contributed by atoms with van der Waals surface area (Å²) in [5, 5.41) is 7.86. The van der Waals surface area contributed by atoms with Crippen LogP contribution in [0.1, 0.15) is 44.9 Å². The van der Waals surface area contributed by atoms with Crippen LogP contribution < -0.4 is 10.9 Å². The highest BCUT2D eigenvalue weighted by molar-refractivity contribution is 9.10. The van der Waals surface area contributed by atoms with Crippen LogP contribution in [0.15, 0.2) is 33.8 Å². The van der Waals surface area contributed by atoms with Gasteiger partial charge in [-0.25, -0.2) is 4.68 Å². The van der Waals surface area contributed by atoms with Crippen molar-refractivity contribution in [2.24, 2.45) is 23.2 Å². The zero-order valence-electron chi connectivity index (χ0n) is 18.1. The van der Waals surface area contributed by atoms with E-state index in [-0.39, 0.29) is 18.0 Å². The molecule has 3 saturated carbocycles. The van der Waals surface area contributed by atoms with Gasteiger partial charge in [-0.15, -0.1) is 0 Å². The summed E-state index contributed by atoms with van der Waals surface area (Å²) in [7, 11) is 0. The molecule has 2 aromatic heterocycles. The molecule has 1 aliphatic heterocycles. The van der Waals surface area contributed by atoms with Gasteiger partial charge in [0.25, 0.3) is 5.56 Å². The Morgan fingerprint density at radius 1 is 1.32 bits per heavy atom. The van der Waals surface area contributed by atoms with Crippen molar-refractivity contribution < 1.29 is 4.79 Å². The van der Waals surface area contributed by atoms with Crippen molar-refractivity contribution in [1.82, 2.24) is 19.7 Å². The SMILES string of the molecule is C[C@@H]1[C@H]2C[C@@H](C[C@H]1Nc1cnn(CC(=O)N3Cc4cccnc4C3)c(=O)c1Br)C2(C)C. The molecule has 0 radical (unpaired) electrons. The van der Waals surface area contributed by atoms with Gasteiger partial charge in [-0.2, -0.15) is 5.10 Å². The maximum Gasteiger partial charge on any atom is 0.283 e. The molecule has 8 heteroatoms. The van der Waals surface area contributed by atoms with E-state index in [0.717, 1.165) is 23.6 Å². The quantitative estimate of drug-likeness (QED) is 0.717. The Kier molecular flexibility index (Phi) is 4.95. The first-order valence-corrected chi connectivity index (χ1v) is 11.8. The van der Waals surface area contributed by atoms with Crippen molar-refractivity contribution >= 4 is 27.5 Å². The highest BCUT2D eigenvalue weighted by Gasteiger charge is 2.56. The van der Waals surface area contributed by atoms with Gasteiger partial charge in [-0.3, -0.25) is 14.6 Å². The summed E-state index contributed by atoms with van der Waals surface area (Å²) >= 11 is 3.45. The summed E-state index contributed by atoms with van der Waals surface area (Å²) < 4.78 is 1.67. The highest BCUT2D eigenvalue weighted by atomic mass is 79.9. The van der Waals surface area contributed by atoms with E-state index in [9.17, 15) is 9.59 Å². The molecule has 3 aliphatic carbocycles. The molecule has 7 nitrogen and oxygen atoms in total. The molecule has 3 fully saturated rings. The topological polar surface area (TPSA) is 80.1 Å². The predicted molar refractivity (Wildman–Crippen MR) is 121 cm³/mol. The molecule has 164 valence electrons. The number of fused-ring (bicyclic) bond motifs is 3. The minimum absolute atomic E-state index is 0.0795. The molecule has 4 atom stereocenters. The third-order valence-electron chi connectivity index (χ3n) is 8.00. The summed E-state index contributed by atoms with van der Waals surface area (Å²) in [6.07, 6.45) is 5.82. The van der Waals surface area contributed by atoms with E-state index in [4.69, 9.17) is 0 Å². The Bertz CT molecular complexity index is 1070. The van der Waals surface area contributed by atoms with Gasteiger partial charge >= 0.3 is 0 Å². The van der Waals surface area contributed by atoms with Gasteiger partial charge in [-0.05, 0) is 63.6 Å². The molecule has 0 aromatic carbocycles. The first-order valence-electron chi connectivity index (χ1n) is 11.0. The lowest BCUT2D eigenvalue weighted by Crippen LogP contribution is -2.58. The predicted octanol–water partition coefficient (Wildman–Crippen LogP) is 3.43. The largest absolute Gasteiger partial charge is 0.380 e. The third kappa shape index (κ3) is 3.39. The highest BCUT2D eigenvalue weighted by Crippen LogP contribution is 2.61. The Hall–Kier alpha value is -2.22. The van der Waals surface area contributed by atoms with Gasteiger partial charge in [0, 0.05) is 18.8 Å². The Morgan fingerprint density at radius 2 is 2.13 bits per heavy atom. The zero-order chi connectivity index (χ0) is 21.9. The molecule has 1 amide bonds. The molecule has 31 heavy (non-hydrogen) atoms. The lowest BCUT2D eigenvalue weighted by molar-refractivity contribution is -0.132. The van der Waals surface area contributed by atoms with E-state index < -0.39 is 0 Å². The van der Waals surface area contributed by atoms with Crippen molar-refractivity contribution in [1.29, 1.82) is 0 Å². The number of anilines is 1. The van der Waals surface area contributed by atoms with E-state index in [1.54, 1.807) is 17.3 Å². The second kappa shape index (κ2) is 7.43. The number of rotatable bonds is 4. The average Bonchev–Trinajstić information content (AvgIpc) is 3.18. The standard InChI is InChI=1S/C23H28BrN5O2/c1-13-16-7-15(23(16,2)3)8-17(13)27-18-9-26-29(22(31)21(18)24)12-20(30)28-10-14-5-4-6-25-19(14)11-28/h4-6,9,13,15-17,27H,7-8,10-12H2,1-3H3/t13-,15+,16-,17-/m1/s1. The van der Waals surface area contributed by atoms with E-state index in [0.29, 0.717) is 46.5 Å². The van der Waals surface area contributed by atoms with Gasteiger partial charge in [-0.1, -0.05) is 26.8 Å². The van der Waals surface area contributed by atoms with Crippen LogP contribution in [-0.2, 0) is 24.4 Å². The number of hydrogen-bond acceptors (Lipinski definition) is 5. The molecule has 2 bridgehead atoms. The number of amides is 1. The lowest BCUT2D eigenvalue weighted by Gasteiger charge is -2.62. The van der Waals surface area contributed by atoms with Crippen LogP contribution in [0.5, 0.6) is 0 Å². The fraction of sp³-hybridized carbons (Fsp3) is 0.565. The van der Waals surface area contributed by atoms with E-state index in [1.165, 1.54) is 11.1 Å². The minimum Gasteiger partial charge on any atom is -0.380 e. The molecule has 0 unspecified atom stereocenters. The number of hydrogen-bond donors (Lipinski definition) is 1. The normalized spacial score (nSPS) is 28.1. The number of aromatic nitrogens is 3. The van der Waals surface area contributed by atoms with E-state index in [1.807, 2.05) is 12.1 Å². The van der Waals surface area contributed by atoms with Crippen LogP contribution in [0.3, 0.4) is 0 Å². The fourth-order valence-corrected chi connectivity index (χ4v) is 6.24. The molecule has 2 aromatic rings. The molecule has 0 spiro atoms. The monoisotopic (exact) mass is 485 g/mol. The minimum atomic E-state index is -0.290. The smallest absolute Gasteiger partial charge is 0.283 e. The molecule has 6 rings (SSSR count). The summed E-state index contributed by atoms with van der Waals surface area (Å²) in [5.41, 5.74) is 2.81. The average molecular weight is 486 g/mol. The Balaban J connectivity index is 1.27. The van der Waals surface area contributed by atoms with Gasteiger partial charge < -0.3 is 10.2 Å². The maximum atomic E-state index is 12.9. The van der Waals surface area contributed by atoms with Crippen LogP contribution in [-0.4, -0.2) is 31.6 Å². The fourth-order valence-electron chi connectivity index (χ4n) is 5.82. The van der Waals surface area contributed by atoms with Crippen LogP contribution in [0.4, 0.5) is 5.69 Å². The third-order valence-corrected chi connectivity index (χ3v) is 8.77. The maximum absolute atomic E-state index is 12.9. The molecule has 0 saturated heterocycles. The number of carbonyl (C=O) groups excluding carboxylic acids is 1. The first kappa shape index (κ1) is 20.7. The van der Waals surface area contributed by atoms with Crippen molar-refractivity contribution in [2.45, 2.75) is 59.3 Å². The lowest BCUT2D eigenvalue weighted by atomic mass is 9.45. The summed E-state index contributed by atoms with van der Waals surface area (Å²) in [6.45, 7) is 7.98. The van der Waals surface area contributed by atoms with Crippen molar-refractivity contribution in [3.63, 3.8) is 0 Å². The van der Waals surface area contributed by atoms with Crippen LogP contribution in [0.2, 0.25) is 0 Å². The number of carbonyl (C=O) groups is 1. The van der Waals surface area contributed by atoms with Gasteiger partial charge in [0.15, 0.2) is 0 Å². The molecule has 1 N–H and O–H groups in total. The first-order chi connectivity index (χ1) is 14.8. The zero-order valence-corrected chi connectivity index (χ0v) is 19.7. The van der Waals surface area contributed by atoms with Crippen LogP contribution in [0.25, 0.3) is 0 Å². The van der Waals surface area contributed by atoms with Gasteiger partial charge in [0.1, 0.15) is 11.0 Å². The summed E-state index contributed by atoms with van der Waals surface area (Å²) in [4.78, 5) is 31.7. The second-order valence-electron chi connectivity index (χ2n) is 9.90. The van der Waals surface area contributed by atoms with E-state index in [2.05, 4.69) is 52.1 Å². The van der Waals surface area contributed by atoms with Gasteiger partial charge in [0.2, 0.25) is 5.91 Å². The second-order valence-corrected chi connectivity index (χ2v) is 10.7. The van der Waals surface area contributed by atoms with Crippen LogP contribution >= 0.6 is 15.9 Å². The molecule has 3 heterocycles. The Morgan fingerprint density at radius 3 is 2.84 bits per heavy atom. The summed E-state index contributed by atoms with van der Waals surface area (Å²) in [6, 6.07) is 4.19. The number of nitrogens with zero attached hydrogens (tertiary/aromatic N) is 4. The van der Waals surface area contributed by atoms with E-state index >= 15 is 0 Å². The van der Waals surface area contributed by atoms with Crippen molar-refractivity contribution in [3.05, 3.63) is 50.6 Å². The summed E-state index contributed by atoms with van der Waals surface area (Å²) in [5.74, 6) is 1.85. The number of nitrogens with one attached hydrogen (secondary N) is 1. The molecule has 4 aliphatic rings. The molecular weight excluding hydrogens is 458 g/mol. The number of pyridine rings is 1. The number of halogens is 1. The van der Waals surface area contributed by atoms with Crippen LogP contribution in [0, 0.1) is 23.2 Å². The Labute approximate surface area is 190 Å².